The van der Waals surface area contributed by atoms with Crippen molar-refractivity contribution < 1.29 is 23.5 Å². The van der Waals surface area contributed by atoms with Crippen molar-refractivity contribution in [1.29, 1.82) is 0 Å². The van der Waals surface area contributed by atoms with Gasteiger partial charge in [0.05, 0.1) is 12.4 Å². The number of rotatable bonds is 7. The van der Waals surface area contributed by atoms with Crippen LogP contribution in [0.3, 0.4) is 0 Å². The molecule has 0 radical (unpaired) electrons. The zero-order valence-electron chi connectivity index (χ0n) is 14.7. The van der Waals surface area contributed by atoms with Gasteiger partial charge in [-0.1, -0.05) is 32.1 Å². The molecule has 3 rings (SSSR count). The third kappa shape index (κ3) is 4.92. The van der Waals surface area contributed by atoms with Crippen molar-refractivity contribution >= 4 is 11.7 Å². The molecule has 6 nitrogen and oxygen atoms in total. The van der Waals surface area contributed by atoms with Crippen LogP contribution in [-0.2, 0) is 25.7 Å². The van der Waals surface area contributed by atoms with E-state index in [4.69, 9.17) is 13.9 Å². The molecule has 0 aromatic carbocycles. The summed E-state index contributed by atoms with van der Waals surface area (Å²) in [5.74, 6) is 0.875. The van der Waals surface area contributed by atoms with Crippen molar-refractivity contribution in [2.45, 2.75) is 70.3 Å². The highest BCUT2D eigenvalue weighted by Crippen LogP contribution is 2.28. The van der Waals surface area contributed by atoms with Gasteiger partial charge in [0.15, 0.2) is 5.78 Å². The van der Waals surface area contributed by atoms with Crippen molar-refractivity contribution in [3.63, 3.8) is 0 Å². The molecule has 6 heteroatoms. The van der Waals surface area contributed by atoms with Crippen molar-refractivity contribution in [2.75, 3.05) is 6.61 Å². The van der Waals surface area contributed by atoms with Gasteiger partial charge < -0.3 is 19.2 Å². The molecule has 1 aliphatic carbocycles. The summed E-state index contributed by atoms with van der Waals surface area (Å²) in [6, 6.07) is 3.05. The molecule has 3 unspecified atom stereocenters. The first-order chi connectivity index (χ1) is 12.1. The normalized spacial score (nSPS) is 25.9. The number of hydrogen-bond acceptors (Lipinski definition) is 5. The van der Waals surface area contributed by atoms with Crippen molar-refractivity contribution in [3.8, 4) is 0 Å². The molecule has 138 valence electrons. The molecule has 2 aliphatic rings. The molecule has 2 heterocycles. The van der Waals surface area contributed by atoms with E-state index in [1.54, 1.807) is 19.3 Å². The van der Waals surface area contributed by atoms with Crippen molar-refractivity contribution in [3.05, 3.63) is 24.2 Å². The van der Waals surface area contributed by atoms with Crippen LogP contribution in [0.1, 0.15) is 51.2 Å². The predicted octanol–water partition coefficient (Wildman–Crippen LogP) is 2.61. The highest BCUT2D eigenvalue weighted by molar-refractivity contribution is 5.92. The number of amides is 1. The maximum absolute atomic E-state index is 12.7. The van der Waals surface area contributed by atoms with Gasteiger partial charge in [-0.3, -0.25) is 9.59 Å². The Balaban J connectivity index is 1.61. The third-order valence-electron chi connectivity index (χ3n) is 5.17. The van der Waals surface area contributed by atoms with Gasteiger partial charge in [-0.05, 0) is 31.4 Å². The molecule has 2 fully saturated rings. The summed E-state index contributed by atoms with van der Waals surface area (Å²) < 4.78 is 16.5. The number of Topliss-reactive ketones (excluding diaryl/α,β-unsaturated/α-hetero) is 1. The van der Waals surface area contributed by atoms with E-state index in [1.165, 1.54) is 19.3 Å². The molecular weight excluding hydrogens is 322 g/mol. The smallest absolute Gasteiger partial charge is 0.249 e. The van der Waals surface area contributed by atoms with Crippen LogP contribution in [0.4, 0.5) is 0 Å². The number of furan rings is 1. The topological polar surface area (TPSA) is 77.8 Å². The number of hydrogen-bond donors (Lipinski definition) is 1. The van der Waals surface area contributed by atoms with Crippen LogP contribution in [0.2, 0.25) is 0 Å². The summed E-state index contributed by atoms with van der Waals surface area (Å²) in [4.78, 5) is 24.6. The Morgan fingerprint density at radius 1 is 1.36 bits per heavy atom. The van der Waals surface area contributed by atoms with E-state index in [9.17, 15) is 9.59 Å². The van der Waals surface area contributed by atoms with Crippen LogP contribution >= 0.6 is 0 Å². The van der Waals surface area contributed by atoms with Gasteiger partial charge in [0.25, 0.3) is 0 Å². The Morgan fingerprint density at radius 3 is 2.80 bits per heavy atom. The second-order valence-electron chi connectivity index (χ2n) is 7.09. The first-order valence-corrected chi connectivity index (χ1v) is 9.22. The molecule has 1 aliphatic heterocycles. The second kappa shape index (κ2) is 8.63. The summed E-state index contributed by atoms with van der Waals surface area (Å²) in [6.07, 6.45) is 7.36. The van der Waals surface area contributed by atoms with E-state index in [-0.39, 0.29) is 31.0 Å². The standard InChI is InChI=1S/C19H27NO5/c1-13-18(16(21)12-24-13)20-19(22)17(10-14-6-3-2-4-7-14)25-11-15-8-5-9-23-15/h5,8-9,13-14,17-18H,2-4,6-7,10-12H2,1H3,(H,20,22). The van der Waals surface area contributed by atoms with Gasteiger partial charge in [-0.2, -0.15) is 0 Å². The maximum Gasteiger partial charge on any atom is 0.249 e. The fraction of sp³-hybridized carbons (Fsp3) is 0.684. The zero-order valence-corrected chi connectivity index (χ0v) is 14.7. The Hall–Kier alpha value is -1.66. The fourth-order valence-corrected chi connectivity index (χ4v) is 3.66. The number of ether oxygens (including phenoxy) is 2. The predicted molar refractivity (Wildman–Crippen MR) is 90.8 cm³/mol. The Bertz CT molecular complexity index is 564. The van der Waals surface area contributed by atoms with E-state index in [0.717, 1.165) is 12.8 Å². The molecule has 0 spiro atoms. The first kappa shape index (κ1) is 18.1. The largest absolute Gasteiger partial charge is 0.467 e. The minimum absolute atomic E-state index is 0.0622. The Morgan fingerprint density at radius 2 is 2.16 bits per heavy atom. The van der Waals surface area contributed by atoms with Gasteiger partial charge in [0, 0.05) is 0 Å². The van der Waals surface area contributed by atoms with Crippen LogP contribution < -0.4 is 5.32 Å². The quantitative estimate of drug-likeness (QED) is 0.819. The van der Waals surface area contributed by atoms with Gasteiger partial charge >= 0.3 is 0 Å². The Kier molecular flexibility index (Phi) is 6.26. The maximum atomic E-state index is 12.7. The van der Waals surface area contributed by atoms with Gasteiger partial charge in [-0.25, -0.2) is 0 Å². The lowest BCUT2D eigenvalue weighted by Crippen LogP contribution is -2.48. The molecule has 1 aromatic heterocycles. The van der Waals surface area contributed by atoms with Crippen LogP contribution in [0.15, 0.2) is 22.8 Å². The lowest BCUT2D eigenvalue weighted by Gasteiger charge is -2.27. The first-order valence-electron chi connectivity index (χ1n) is 9.22. The van der Waals surface area contributed by atoms with Gasteiger partial charge in [0.1, 0.15) is 31.1 Å². The molecule has 1 N–H and O–H groups in total. The fourth-order valence-electron chi connectivity index (χ4n) is 3.66. The lowest BCUT2D eigenvalue weighted by atomic mass is 9.85. The summed E-state index contributed by atoms with van der Waals surface area (Å²) in [5.41, 5.74) is 0. The average Bonchev–Trinajstić information content (AvgIpc) is 3.24. The average molecular weight is 349 g/mol. The summed E-state index contributed by atoms with van der Waals surface area (Å²) in [5, 5.41) is 2.83. The molecule has 25 heavy (non-hydrogen) atoms. The number of carbonyl (C=O) groups is 2. The van der Waals surface area contributed by atoms with Gasteiger partial charge in [0.2, 0.25) is 5.91 Å². The zero-order chi connectivity index (χ0) is 17.6. The number of nitrogens with one attached hydrogen (secondary N) is 1. The van der Waals surface area contributed by atoms with Crippen molar-refractivity contribution in [2.24, 2.45) is 5.92 Å². The summed E-state index contributed by atoms with van der Waals surface area (Å²) in [6.45, 7) is 2.12. The molecule has 1 saturated heterocycles. The highest BCUT2D eigenvalue weighted by atomic mass is 16.5. The monoisotopic (exact) mass is 349 g/mol. The number of ketones is 1. The second-order valence-corrected chi connectivity index (χ2v) is 7.09. The Labute approximate surface area is 148 Å². The molecule has 0 bridgehead atoms. The minimum Gasteiger partial charge on any atom is -0.467 e. The molecule has 1 saturated carbocycles. The van der Waals surface area contributed by atoms with E-state index < -0.39 is 12.1 Å². The minimum atomic E-state index is -0.575. The third-order valence-corrected chi connectivity index (χ3v) is 5.17. The molecule has 1 amide bonds. The van der Waals surface area contributed by atoms with Crippen LogP contribution in [-0.4, -0.2) is 36.5 Å². The van der Waals surface area contributed by atoms with E-state index >= 15 is 0 Å². The van der Waals surface area contributed by atoms with Gasteiger partial charge in [-0.15, -0.1) is 0 Å². The SMILES string of the molecule is CC1OCC(=O)C1NC(=O)C(CC1CCCCC1)OCc1ccco1. The molecule has 1 aromatic rings. The van der Waals surface area contributed by atoms with E-state index in [1.807, 2.05) is 6.07 Å². The highest BCUT2D eigenvalue weighted by Gasteiger charge is 2.36. The van der Waals surface area contributed by atoms with Crippen LogP contribution in [0.25, 0.3) is 0 Å². The number of carbonyl (C=O) groups excluding carboxylic acids is 2. The van der Waals surface area contributed by atoms with Crippen LogP contribution in [0.5, 0.6) is 0 Å². The van der Waals surface area contributed by atoms with E-state index in [0.29, 0.717) is 18.1 Å². The van der Waals surface area contributed by atoms with Crippen molar-refractivity contribution in [1.82, 2.24) is 5.32 Å². The molecular formula is C19H27NO5. The summed E-state index contributed by atoms with van der Waals surface area (Å²) in [7, 11) is 0. The van der Waals surface area contributed by atoms with E-state index in [2.05, 4.69) is 5.32 Å². The van der Waals surface area contributed by atoms with Crippen LogP contribution in [0, 0.1) is 5.92 Å². The summed E-state index contributed by atoms with van der Waals surface area (Å²) >= 11 is 0. The lowest BCUT2D eigenvalue weighted by molar-refractivity contribution is -0.138. The molecule has 3 atom stereocenters.